The minimum absolute atomic E-state index is 0.178. The van der Waals surface area contributed by atoms with Crippen molar-refractivity contribution in [3.8, 4) is 0 Å². The van der Waals surface area contributed by atoms with Gasteiger partial charge in [0.1, 0.15) is 16.7 Å². The van der Waals surface area contributed by atoms with Gasteiger partial charge in [-0.1, -0.05) is 74.9 Å². The summed E-state index contributed by atoms with van der Waals surface area (Å²) in [7, 11) is -4.27. The Kier molecular flexibility index (Phi) is 12.6. The largest absolute Gasteiger partial charge is 0.744 e. The van der Waals surface area contributed by atoms with Crippen LogP contribution < -0.4 is 21.6 Å². The van der Waals surface area contributed by atoms with Gasteiger partial charge in [-0.15, -0.1) is 3.07 Å². The molecule has 0 bridgehead atoms. The van der Waals surface area contributed by atoms with E-state index >= 15 is 0 Å². The minimum Gasteiger partial charge on any atom is -0.744 e. The van der Waals surface area contributed by atoms with E-state index in [1.165, 1.54) is 54.2 Å². The van der Waals surface area contributed by atoms with Crippen LogP contribution in [0.5, 0.6) is 0 Å². The monoisotopic (exact) mass is 504 g/mol. The highest BCUT2D eigenvalue weighted by molar-refractivity contribution is 7.85. The SMILES string of the molecule is CCCCCCCCO[I+]c1ccccc1.Cc1ccc(S(=O)(=O)[O-])cc1. The summed E-state index contributed by atoms with van der Waals surface area (Å²) in [5, 5.41) is 0. The molecule has 2 aromatic carbocycles. The van der Waals surface area contributed by atoms with E-state index in [9.17, 15) is 13.0 Å². The lowest BCUT2D eigenvalue weighted by atomic mass is 10.1. The zero-order valence-electron chi connectivity index (χ0n) is 16.1. The summed E-state index contributed by atoms with van der Waals surface area (Å²) in [6.07, 6.45) is 8.05. The molecule has 0 aromatic heterocycles. The molecule has 2 rings (SSSR count). The Morgan fingerprint density at radius 2 is 1.48 bits per heavy atom. The summed E-state index contributed by atoms with van der Waals surface area (Å²) in [6.45, 7) is 5.03. The number of unbranched alkanes of at least 4 members (excludes halogenated alkanes) is 5. The Hall–Kier alpha value is -0.960. The van der Waals surface area contributed by atoms with Gasteiger partial charge in [-0.3, -0.25) is 0 Å². The predicted molar refractivity (Wildman–Crippen MR) is 104 cm³/mol. The Balaban J connectivity index is 0.000000289. The summed E-state index contributed by atoms with van der Waals surface area (Å²) in [5.74, 6) is 0. The highest BCUT2D eigenvalue weighted by Crippen LogP contribution is 2.08. The van der Waals surface area contributed by atoms with Gasteiger partial charge in [-0.05, 0) is 37.6 Å². The highest BCUT2D eigenvalue weighted by Gasteiger charge is 2.11. The molecule has 0 amide bonds. The zero-order valence-corrected chi connectivity index (χ0v) is 19.0. The molecular weight excluding hydrogens is 475 g/mol. The highest BCUT2D eigenvalue weighted by atomic mass is 127. The van der Waals surface area contributed by atoms with Crippen molar-refractivity contribution in [1.82, 2.24) is 0 Å². The number of hydrogen-bond acceptors (Lipinski definition) is 4. The van der Waals surface area contributed by atoms with E-state index in [1.807, 2.05) is 6.92 Å². The fourth-order valence-electron chi connectivity index (χ4n) is 2.21. The standard InChI is InChI=1S/C14H22IO.C7H8O3S/c1-2-3-4-5-6-10-13-16-15-14-11-8-7-9-12-14;1-6-2-4-7(5-3-6)11(8,9)10/h7-9,11-12H,2-6,10,13H2,1H3;2-5H,1H3,(H,8,9,10)/q+1;/p-1. The van der Waals surface area contributed by atoms with Gasteiger partial charge in [0.2, 0.25) is 3.57 Å². The molecule has 0 fully saturated rings. The van der Waals surface area contributed by atoms with Crippen LogP contribution in [0.4, 0.5) is 0 Å². The third-order valence-electron chi connectivity index (χ3n) is 3.76. The quantitative estimate of drug-likeness (QED) is 0.283. The summed E-state index contributed by atoms with van der Waals surface area (Å²) >= 11 is -0.203. The maximum Gasteiger partial charge on any atom is 0.522 e. The van der Waals surface area contributed by atoms with Crippen LogP contribution in [0.2, 0.25) is 0 Å². The molecule has 0 saturated carbocycles. The lowest BCUT2D eigenvalue weighted by molar-refractivity contribution is -0.876. The van der Waals surface area contributed by atoms with E-state index in [0.29, 0.717) is 0 Å². The van der Waals surface area contributed by atoms with Gasteiger partial charge in [0, 0.05) is 0 Å². The maximum absolute atomic E-state index is 10.4. The molecule has 0 unspecified atom stereocenters. The molecule has 0 aliphatic heterocycles. The Bertz CT molecular complexity index is 716. The summed E-state index contributed by atoms with van der Waals surface area (Å²) in [4.78, 5) is -0.178. The topological polar surface area (TPSA) is 66.4 Å². The van der Waals surface area contributed by atoms with Gasteiger partial charge in [0.25, 0.3) is 0 Å². The van der Waals surface area contributed by atoms with Crippen LogP contribution in [0.1, 0.15) is 51.0 Å². The van der Waals surface area contributed by atoms with Gasteiger partial charge >= 0.3 is 21.6 Å². The second-order valence-electron chi connectivity index (χ2n) is 6.22. The molecule has 2 aromatic rings. The maximum atomic E-state index is 10.4. The molecule has 0 atom stereocenters. The van der Waals surface area contributed by atoms with Gasteiger partial charge < -0.3 is 4.55 Å². The smallest absolute Gasteiger partial charge is 0.522 e. The van der Waals surface area contributed by atoms with Crippen molar-refractivity contribution in [2.45, 2.75) is 57.3 Å². The molecule has 150 valence electrons. The van der Waals surface area contributed by atoms with E-state index in [1.54, 1.807) is 12.1 Å². The van der Waals surface area contributed by atoms with Crippen LogP contribution in [0.3, 0.4) is 0 Å². The summed E-state index contributed by atoms with van der Waals surface area (Å²) < 4.78 is 38.3. The van der Waals surface area contributed by atoms with Crippen LogP contribution in [-0.2, 0) is 13.2 Å². The van der Waals surface area contributed by atoms with Crippen molar-refractivity contribution >= 4 is 10.1 Å². The molecule has 0 N–H and O–H groups in total. The summed E-state index contributed by atoms with van der Waals surface area (Å²) in [5.41, 5.74) is 0.928. The van der Waals surface area contributed by atoms with Crippen molar-refractivity contribution in [1.29, 1.82) is 0 Å². The minimum atomic E-state index is -4.27. The first kappa shape index (κ1) is 24.1. The first-order valence-electron chi connectivity index (χ1n) is 9.28. The molecule has 0 aliphatic carbocycles. The molecule has 6 heteroatoms. The van der Waals surface area contributed by atoms with E-state index in [4.69, 9.17) is 3.07 Å². The second kappa shape index (κ2) is 14.1. The van der Waals surface area contributed by atoms with Gasteiger partial charge in [0.15, 0.2) is 0 Å². The Morgan fingerprint density at radius 1 is 0.889 bits per heavy atom. The second-order valence-corrected chi connectivity index (χ2v) is 9.91. The van der Waals surface area contributed by atoms with Crippen molar-refractivity contribution in [3.63, 3.8) is 0 Å². The first-order chi connectivity index (χ1) is 12.9. The van der Waals surface area contributed by atoms with E-state index in [0.717, 1.165) is 12.2 Å². The number of rotatable bonds is 10. The van der Waals surface area contributed by atoms with Crippen molar-refractivity contribution in [2.75, 3.05) is 6.61 Å². The molecule has 0 radical (unpaired) electrons. The number of aryl methyl sites for hydroxylation is 1. The molecule has 0 heterocycles. The third-order valence-corrected chi connectivity index (χ3v) is 6.59. The van der Waals surface area contributed by atoms with Gasteiger partial charge in [0.05, 0.1) is 4.90 Å². The predicted octanol–water partition coefficient (Wildman–Crippen LogP) is 2.14. The molecule has 27 heavy (non-hydrogen) atoms. The fourth-order valence-corrected chi connectivity index (χ4v) is 4.28. The van der Waals surface area contributed by atoms with E-state index < -0.39 is 10.1 Å². The first-order valence-corrected chi connectivity index (χ1v) is 12.6. The Morgan fingerprint density at radius 3 is 2.07 bits per heavy atom. The van der Waals surface area contributed by atoms with Crippen molar-refractivity contribution in [3.05, 3.63) is 63.7 Å². The van der Waals surface area contributed by atoms with Crippen LogP contribution in [0.25, 0.3) is 0 Å². The van der Waals surface area contributed by atoms with Crippen LogP contribution >= 0.6 is 0 Å². The average molecular weight is 504 g/mol. The lowest BCUT2D eigenvalue weighted by Crippen LogP contribution is -3.61. The zero-order chi connectivity index (χ0) is 20.0. The third kappa shape index (κ3) is 12.2. The Labute approximate surface area is 174 Å². The summed E-state index contributed by atoms with van der Waals surface area (Å²) in [6, 6.07) is 16.3. The van der Waals surface area contributed by atoms with Gasteiger partial charge in [-0.25, -0.2) is 8.42 Å². The normalized spacial score (nSPS) is 10.9. The van der Waals surface area contributed by atoms with Crippen molar-refractivity contribution in [2.24, 2.45) is 0 Å². The lowest BCUT2D eigenvalue weighted by Gasteiger charge is -2.05. The number of halogens is 1. The van der Waals surface area contributed by atoms with Crippen LogP contribution in [0.15, 0.2) is 59.5 Å². The van der Waals surface area contributed by atoms with Crippen LogP contribution in [0, 0.1) is 10.5 Å². The van der Waals surface area contributed by atoms with Crippen LogP contribution in [-0.4, -0.2) is 19.6 Å². The molecule has 4 nitrogen and oxygen atoms in total. The molecule has 0 saturated heterocycles. The van der Waals surface area contributed by atoms with Gasteiger partial charge in [-0.2, -0.15) is 0 Å². The van der Waals surface area contributed by atoms with Crippen molar-refractivity contribution < 1.29 is 37.7 Å². The molecular formula is C21H29IO4S. The average Bonchev–Trinajstić information content (AvgIpc) is 2.65. The molecule has 0 spiro atoms. The van der Waals surface area contributed by atoms with E-state index in [2.05, 4.69) is 37.3 Å². The number of benzene rings is 2. The van der Waals surface area contributed by atoms with E-state index in [-0.39, 0.29) is 26.5 Å². The molecule has 0 aliphatic rings. The fraction of sp³-hybridized carbons (Fsp3) is 0.429. The number of hydrogen-bond donors (Lipinski definition) is 0.